The fraction of sp³-hybridized carbons (Fsp3) is 0.304. The molecule has 30 heavy (non-hydrogen) atoms. The number of rotatable bonds is 4. The SMILES string of the molecule is CC1C=NN(c2cccc3ncccc23)C1NS(=O)(=O)c1ccc(C(C)(C)C)cc1. The number of hydrogen-bond acceptors (Lipinski definition) is 5. The van der Waals surface area contributed by atoms with E-state index in [2.05, 4.69) is 35.6 Å². The van der Waals surface area contributed by atoms with Gasteiger partial charge in [0.15, 0.2) is 0 Å². The number of aromatic nitrogens is 1. The van der Waals surface area contributed by atoms with Crippen molar-refractivity contribution in [3.8, 4) is 0 Å². The fourth-order valence-electron chi connectivity index (χ4n) is 3.57. The van der Waals surface area contributed by atoms with Crippen LogP contribution in [0.5, 0.6) is 0 Å². The average Bonchev–Trinajstić information content (AvgIpc) is 3.06. The molecule has 4 rings (SSSR count). The van der Waals surface area contributed by atoms with E-state index in [9.17, 15) is 8.42 Å². The molecule has 1 aromatic heterocycles. The lowest BCUT2D eigenvalue weighted by atomic mass is 9.87. The Kier molecular flexibility index (Phi) is 5.11. The molecule has 2 heterocycles. The average molecular weight is 423 g/mol. The number of nitrogens with one attached hydrogen (secondary N) is 1. The van der Waals surface area contributed by atoms with E-state index in [1.807, 2.05) is 49.4 Å². The van der Waals surface area contributed by atoms with Crippen LogP contribution in [0, 0.1) is 5.92 Å². The number of anilines is 1. The van der Waals surface area contributed by atoms with Crippen molar-refractivity contribution >= 4 is 32.8 Å². The number of nitrogens with zero attached hydrogens (tertiary/aromatic N) is 3. The van der Waals surface area contributed by atoms with E-state index in [4.69, 9.17) is 0 Å². The zero-order valence-electron chi connectivity index (χ0n) is 17.6. The van der Waals surface area contributed by atoms with Gasteiger partial charge in [-0.15, -0.1) is 0 Å². The summed E-state index contributed by atoms with van der Waals surface area (Å²) in [5, 5.41) is 7.15. The first-order valence-corrected chi connectivity index (χ1v) is 11.4. The summed E-state index contributed by atoms with van der Waals surface area (Å²) in [5.41, 5.74) is 2.70. The minimum absolute atomic E-state index is 0.0390. The van der Waals surface area contributed by atoms with E-state index < -0.39 is 16.2 Å². The highest BCUT2D eigenvalue weighted by atomic mass is 32.2. The molecule has 0 fully saturated rings. The van der Waals surface area contributed by atoms with Crippen LogP contribution in [0.2, 0.25) is 0 Å². The summed E-state index contributed by atoms with van der Waals surface area (Å²) >= 11 is 0. The van der Waals surface area contributed by atoms with Crippen LogP contribution >= 0.6 is 0 Å². The highest BCUT2D eigenvalue weighted by Gasteiger charge is 2.34. The second kappa shape index (κ2) is 7.49. The quantitative estimate of drug-likeness (QED) is 0.681. The number of fused-ring (bicyclic) bond motifs is 1. The van der Waals surface area contributed by atoms with E-state index in [1.54, 1.807) is 29.6 Å². The molecule has 0 radical (unpaired) electrons. The Morgan fingerprint density at radius 2 is 1.73 bits per heavy atom. The van der Waals surface area contributed by atoms with Crippen molar-refractivity contribution in [2.75, 3.05) is 5.01 Å². The maximum Gasteiger partial charge on any atom is 0.242 e. The van der Waals surface area contributed by atoms with Gasteiger partial charge in [-0.1, -0.05) is 45.9 Å². The van der Waals surface area contributed by atoms with E-state index in [1.165, 1.54) is 0 Å². The lowest BCUT2D eigenvalue weighted by molar-refractivity contribution is 0.508. The summed E-state index contributed by atoms with van der Waals surface area (Å²) in [5.74, 6) is -0.0967. The highest BCUT2D eigenvalue weighted by molar-refractivity contribution is 7.89. The molecule has 0 saturated heterocycles. The van der Waals surface area contributed by atoms with Crippen LogP contribution in [0.4, 0.5) is 5.69 Å². The number of hydrogen-bond donors (Lipinski definition) is 1. The minimum Gasteiger partial charge on any atom is -0.256 e. The van der Waals surface area contributed by atoms with Crippen LogP contribution in [-0.4, -0.2) is 25.8 Å². The molecule has 2 atom stereocenters. The second-order valence-electron chi connectivity index (χ2n) is 8.66. The third-order valence-electron chi connectivity index (χ3n) is 5.36. The summed E-state index contributed by atoms with van der Waals surface area (Å²) in [4.78, 5) is 4.63. The highest BCUT2D eigenvalue weighted by Crippen LogP contribution is 2.31. The van der Waals surface area contributed by atoms with Crippen LogP contribution < -0.4 is 9.73 Å². The Bertz CT molecular complexity index is 1190. The normalized spacial score (nSPS) is 19.5. The van der Waals surface area contributed by atoms with Crippen LogP contribution in [0.3, 0.4) is 0 Å². The van der Waals surface area contributed by atoms with Crippen LogP contribution in [-0.2, 0) is 15.4 Å². The molecule has 3 aromatic rings. The molecule has 0 aliphatic carbocycles. The number of sulfonamides is 1. The topological polar surface area (TPSA) is 74.7 Å². The molecular formula is C23H26N4O2S. The molecule has 0 spiro atoms. The third-order valence-corrected chi connectivity index (χ3v) is 6.81. The minimum atomic E-state index is -3.72. The van der Waals surface area contributed by atoms with Crippen molar-refractivity contribution in [3.05, 3.63) is 66.4 Å². The second-order valence-corrected chi connectivity index (χ2v) is 10.4. The fourth-order valence-corrected chi connectivity index (χ4v) is 4.83. The monoisotopic (exact) mass is 422 g/mol. The summed E-state index contributed by atoms with van der Waals surface area (Å²) < 4.78 is 29.1. The zero-order chi connectivity index (χ0) is 21.5. The lowest BCUT2D eigenvalue weighted by Gasteiger charge is -2.28. The van der Waals surface area contributed by atoms with E-state index in [0.29, 0.717) is 0 Å². The van der Waals surface area contributed by atoms with Gasteiger partial charge in [0, 0.05) is 23.7 Å². The Morgan fingerprint density at radius 1 is 1.00 bits per heavy atom. The summed E-state index contributed by atoms with van der Waals surface area (Å²) in [6, 6.07) is 16.7. The van der Waals surface area contributed by atoms with Gasteiger partial charge in [-0.05, 0) is 47.4 Å². The Morgan fingerprint density at radius 3 is 2.43 bits per heavy atom. The van der Waals surface area contributed by atoms with Gasteiger partial charge in [0.2, 0.25) is 10.0 Å². The van der Waals surface area contributed by atoms with Crippen molar-refractivity contribution in [1.82, 2.24) is 9.71 Å². The largest absolute Gasteiger partial charge is 0.256 e. The van der Waals surface area contributed by atoms with Gasteiger partial charge in [0.05, 0.1) is 16.1 Å². The predicted octanol–water partition coefficient (Wildman–Crippen LogP) is 4.28. The van der Waals surface area contributed by atoms with Crippen LogP contribution in [0.25, 0.3) is 10.9 Å². The zero-order valence-corrected chi connectivity index (χ0v) is 18.4. The van der Waals surface area contributed by atoms with Crippen molar-refractivity contribution in [3.63, 3.8) is 0 Å². The Labute approximate surface area is 177 Å². The maximum absolute atomic E-state index is 13.1. The number of benzene rings is 2. The van der Waals surface area contributed by atoms with Crippen molar-refractivity contribution in [2.24, 2.45) is 11.0 Å². The third kappa shape index (κ3) is 3.82. The standard InChI is InChI=1S/C23H26N4O2S/c1-16-15-25-27(21-9-5-8-20-19(21)7-6-14-24-20)22(16)26-30(28,29)18-12-10-17(11-13-18)23(2,3)4/h5-16,22,26H,1-4H3. The molecule has 2 unspecified atom stereocenters. The summed E-state index contributed by atoms with van der Waals surface area (Å²) in [7, 11) is -3.72. The predicted molar refractivity (Wildman–Crippen MR) is 121 cm³/mol. The van der Waals surface area contributed by atoms with E-state index in [-0.39, 0.29) is 16.2 Å². The van der Waals surface area contributed by atoms with E-state index in [0.717, 1.165) is 22.2 Å². The van der Waals surface area contributed by atoms with Gasteiger partial charge in [-0.2, -0.15) is 9.82 Å². The van der Waals surface area contributed by atoms with Crippen LogP contribution in [0.15, 0.2) is 70.8 Å². The number of pyridine rings is 1. The van der Waals surface area contributed by atoms with Gasteiger partial charge in [0.25, 0.3) is 0 Å². The van der Waals surface area contributed by atoms with Gasteiger partial charge >= 0.3 is 0 Å². The van der Waals surface area contributed by atoms with Crippen molar-refractivity contribution in [2.45, 2.75) is 44.2 Å². The molecule has 7 heteroatoms. The van der Waals surface area contributed by atoms with Crippen LogP contribution in [0.1, 0.15) is 33.3 Å². The van der Waals surface area contributed by atoms with E-state index >= 15 is 0 Å². The molecule has 0 amide bonds. The first-order chi connectivity index (χ1) is 14.2. The first kappa shape index (κ1) is 20.5. The molecule has 0 bridgehead atoms. The molecule has 2 aromatic carbocycles. The molecule has 1 aliphatic rings. The number of hydrazone groups is 1. The van der Waals surface area contributed by atoms with Gasteiger partial charge in [-0.3, -0.25) is 4.98 Å². The Hall–Kier alpha value is -2.77. The molecule has 0 saturated carbocycles. The van der Waals surface area contributed by atoms with Crippen molar-refractivity contribution < 1.29 is 8.42 Å². The molecule has 1 N–H and O–H groups in total. The lowest BCUT2D eigenvalue weighted by Crippen LogP contribution is -2.47. The van der Waals surface area contributed by atoms with Gasteiger partial charge in [-0.25, -0.2) is 13.4 Å². The summed E-state index contributed by atoms with van der Waals surface area (Å²) in [6.45, 7) is 8.25. The van der Waals surface area contributed by atoms with Crippen molar-refractivity contribution in [1.29, 1.82) is 0 Å². The van der Waals surface area contributed by atoms with Gasteiger partial charge in [0.1, 0.15) is 6.17 Å². The smallest absolute Gasteiger partial charge is 0.242 e. The molecule has 156 valence electrons. The molecule has 1 aliphatic heterocycles. The molecular weight excluding hydrogens is 396 g/mol. The van der Waals surface area contributed by atoms with Gasteiger partial charge < -0.3 is 0 Å². The summed E-state index contributed by atoms with van der Waals surface area (Å²) in [6.07, 6.45) is 2.98. The molecule has 6 nitrogen and oxygen atoms in total. The Balaban J connectivity index is 1.65. The first-order valence-electron chi connectivity index (χ1n) is 9.97. The maximum atomic E-state index is 13.1.